The molecule has 1 spiro atoms. The summed E-state index contributed by atoms with van der Waals surface area (Å²) in [5, 5.41) is 14.6. The predicted molar refractivity (Wildman–Crippen MR) is 122 cm³/mol. The number of aliphatic hydroxyl groups is 1. The molecule has 4 atom stereocenters. The highest BCUT2D eigenvalue weighted by Crippen LogP contribution is 2.62. The Hall–Kier alpha value is -3.48. The van der Waals surface area contributed by atoms with Crippen molar-refractivity contribution in [1.82, 2.24) is 4.90 Å². The molecule has 3 aliphatic rings. The second-order valence-corrected chi connectivity index (χ2v) is 9.20. The summed E-state index contributed by atoms with van der Waals surface area (Å²) in [7, 11) is 0. The van der Waals surface area contributed by atoms with Crippen molar-refractivity contribution in [2.45, 2.75) is 30.8 Å². The van der Waals surface area contributed by atoms with Gasteiger partial charge in [0.1, 0.15) is 0 Å². The minimum Gasteiger partial charge on any atom is -0.358 e. The minimum atomic E-state index is -2.08. The number of aryl methyl sites for hydroxylation is 1. The lowest BCUT2D eigenvalue weighted by Gasteiger charge is -2.32. The van der Waals surface area contributed by atoms with Crippen molar-refractivity contribution < 1.29 is 19.4 Å². The summed E-state index contributed by atoms with van der Waals surface area (Å²) >= 11 is 0. The van der Waals surface area contributed by atoms with Gasteiger partial charge in [-0.3, -0.25) is 9.59 Å². The van der Waals surface area contributed by atoms with Crippen molar-refractivity contribution in [3.8, 4) is 0 Å². The number of anilines is 1. The van der Waals surface area contributed by atoms with Crippen molar-refractivity contribution in [3.63, 3.8) is 0 Å². The van der Waals surface area contributed by atoms with E-state index < -0.39 is 29.1 Å². The van der Waals surface area contributed by atoms with Gasteiger partial charge in [0.2, 0.25) is 0 Å². The third-order valence-corrected chi connectivity index (χ3v) is 7.24. The molecular formula is C27H24N2O4. The predicted octanol–water partition coefficient (Wildman–Crippen LogP) is 3.30. The summed E-state index contributed by atoms with van der Waals surface area (Å²) < 4.78 is 6.29. The maximum atomic E-state index is 13.5. The van der Waals surface area contributed by atoms with E-state index in [4.69, 9.17) is 4.74 Å². The Morgan fingerprint density at radius 3 is 2.45 bits per heavy atom. The molecule has 0 saturated carbocycles. The first-order valence-electron chi connectivity index (χ1n) is 11.2. The SMILES string of the molecule is Cc1ccc([C@@H]2[C@H]3CN(Cc4ccccc4)C(=O)[C@@]3(O)O[C@]23C(=O)Nc2ccccc23)cc1. The molecule has 0 aliphatic carbocycles. The number of nitrogens with one attached hydrogen (secondary N) is 1. The van der Waals surface area contributed by atoms with Gasteiger partial charge in [0.15, 0.2) is 5.60 Å². The maximum absolute atomic E-state index is 13.5. The van der Waals surface area contributed by atoms with E-state index in [-0.39, 0.29) is 5.91 Å². The second kappa shape index (κ2) is 7.01. The van der Waals surface area contributed by atoms with Gasteiger partial charge in [-0.1, -0.05) is 78.4 Å². The molecule has 0 unspecified atom stereocenters. The fraction of sp³-hybridized carbons (Fsp3) is 0.259. The van der Waals surface area contributed by atoms with E-state index in [0.29, 0.717) is 24.3 Å². The smallest absolute Gasteiger partial charge is 0.283 e. The monoisotopic (exact) mass is 440 g/mol. The molecule has 3 heterocycles. The topological polar surface area (TPSA) is 78.9 Å². The zero-order valence-corrected chi connectivity index (χ0v) is 18.2. The number of nitrogens with zero attached hydrogens (tertiary/aromatic N) is 1. The fourth-order valence-electron chi connectivity index (χ4n) is 5.72. The zero-order chi connectivity index (χ0) is 22.8. The van der Waals surface area contributed by atoms with Crippen LogP contribution in [-0.4, -0.2) is 34.2 Å². The maximum Gasteiger partial charge on any atom is 0.283 e. The fourth-order valence-corrected chi connectivity index (χ4v) is 5.72. The number of amides is 2. The van der Waals surface area contributed by atoms with E-state index in [0.717, 1.165) is 16.7 Å². The highest BCUT2D eigenvalue weighted by atomic mass is 16.7. The number of carbonyl (C=O) groups is 2. The Kier molecular flexibility index (Phi) is 4.28. The van der Waals surface area contributed by atoms with Crippen LogP contribution in [0.15, 0.2) is 78.9 Å². The number of hydrogen-bond donors (Lipinski definition) is 2. The largest absolute Gasteiger partial charge is 0.358 e. The van der Waals surface area contributed by atoms with Gasteiger partial charge in [-0.05, 0) is 24.1 Å². The first-order valence-corrected chi connectivity index (χ1v) is 11.2. The van der Waals surface area contributed by atoms with Crippen molar-refractivity contribution in [2.24, 2.45) is 5.92 Å². The summed E-state index contributed by atoms with van der Waals surface area (Å²) in [5.74, 6) is -4.06. The summed E-state index contributed by atoms with van der Waals surface area (Å²) in [4.78, 5) is 28.6. The van der Waals surface area contributed by atoms with Crippen molar-refractivity contribution in [1.29, 1.82) is 0 Å². The van der Waals surface area contributed by atoms with E-state index in [1.165, 1.54) is 0 Å². The molecule has 6 rings (SSSR count). The van der Waals surface area contributed by atoms with Crippen LogP contribution in [0.5, 0.6) is 0 Å². The van der Waals surface area contributed by atoms with Crippen molar-refractivity contribution in [3.05, 3.63) is 101 Å². The molecule has 3 aromatic rings. The summed E-state index contributed by atoms with van der Waals surface area (Å²) in [6, 6.07) is 24.9. The van der Waals surface area contributed by atoms with Crippen molar-refractivity contribution >= 4 is 17.5 Å². The molecule has 166 valence electrons. The number of carbonyl (C=O) groups excluding carboxylic acids is 2. The number of ether oxygens (including phenoxy) is 1. The molecule has 0 aromatic heterocycles. The van der Waals surface area contributed by atoms with Gasteiger partial charge >= 0.3 is 0 Å². The first kappa shape index (κ1) is 20.1. The van der Waals surface area contributed by atoms with Crippen LogP contribution in [0.2, 0.25) is 0 Å². The number of likely N-dealkylation sites (tertiary alicyclic amines) is 1. The minimum absolute atomic E-state index is 0.292. The number of rotatable bonds is 3. The molecule has 2 amide bonds. The molecule has 2 fully saturated rings. The van der Waals surface area contributed by atoms with Crippen LogP contribution >= 0.6 is 0 Å². The Morgan fingerprint density at radius 1 is 1.00 bits per heavy atom. The van der Waals surface area contributed by atoms with E-state index in [9.17, 15) is 14.7 Å². The number of para-hydroxylation sites is 1. The van der Waals surface area contributed by atoms with E-state index in [1.807, 2.05) is 85.8 Å². The number of hydrogen-bond acceptors (Lipinski definition) is 4. The molecule has 0 bridgehead atoms. The normalized spacial score (nSPS) is 29.9. The van der Waals surface area contributed by atoms with Crippen LogP contribution in [0.25, 0.3) is 0 Å². The van der Waals surface area contributed by atoms with Gasteiger partial charge in [0.25, 0.3) is 17.6 Å². The third-order valence-electron chi connectivity index (χ3n) is 7.24. The Morgan fingerprint density at radius 2 is 1.70 bits per heavy atom. The first-order chi connectivity index (χ1) is 15.9. The molecule has 6 nitrogen and oxygen atoms in total. The molecule has 0 radical (unpaired) electrons. The molecular weight excluding hydrogens is 416 g/mol. The van der Waals surface area contributed by atoms with Crippen LogP contribution in [0, 0.1) is 12.8 Å². The summed E-state index contributed by atoms with van der Waals surface area (Å²) in [5.41, 5.74) is 2.76. The molecule has 2 saturated heterocycles. The van der Waals surface area contributed by atoms with E-state index in [1.54, 1.807) is 4.90 Å². The Balaban J connectivity index is 1.48. The Labute approximate surface area is 191 Å². The van der Waals surface area contributed by atoms with Crippen LogP contribution in [0.1, 0.15) is 28.2 Å². The lowest BCUT2D eigenvalue weighted by Crippen LogP contribution is -2.47. The van der Waals surface area contributed by atoms with Crippen LogP contribution < -0.4 is 5.32 Å². The highest BCUT2D eigenvalue weighted by Gasteiger charge is 2.74. The van der Waals surface area contributed by atoms with Gasteiger partial charge in [-0.25, -0.2) is 0 Å². The average Bonchev–Trinajstić information content (AvgIpc) is 3.34. The van der Waals surface area contributed by atoms with Crippen molar-refractivity contribution in [2.75, 3.05) is 11.9 Å². The zero-order valence-electron chi connectivity index (χ0n) is 18.2. The molecule has 3 aliphatic heterocycles. The van der Waals surface area contributed by atoms with Gasteiger partial charge in [-0.2, -0.15) is 0 Å². The van der Waals surface area contributed by atoms with E-state index in [2.05, 4.69) is 5.32 Å². The van der Waals surface area contributed by atoms with Crippen LogP contribution in [0.4, 0.5) is 5.69 Å². The van der Waals surface area contributed by atoms with Crippen LogP contribution in [0.3, 0.4) is 0 Å². The van der Waals surface area contributed by atoms with E-state index >= 15 is 0 Å². The lowest BCUT2D eigenvalue weighted by molar-refractivity contribution is -0.225. The summed E-state index contributed by atoms with van der Waals surface area (Å²) in [6.07, 6.45) is 0. The molecule has 33 heavy (non-hydrogen) atoms. The second-order valence-electron chi connectivity index (χ2n) is 9.20. The molecule has 3 aromatic carbocycles. The average molecular weight is 440 g/mol. The van der Waals surface area contributed by atoms with Gasteiger partial charge in [0.05, 0.1) is 5.92 Å². The Bertz CT molecular complexity index is 1260. The molecule has 6 heteroatoms. The van der Waals surface area contributed by atoms with Gasteiger partial charge in [0, 0.05) is 30.3 Å². The lowest BCUT2D eigenvalue weighted by atomic mass is 9.72. The summed E-state index contributed by atoms with van der Waals surface area (Å²) in [6.45, 7) is 2.66. The third kappa shape index (κ3) is 2.74. The van der Waals surface area contributed by atoms with Crippen LogP contribution in [-0.2, 0) is 26.5 Å². The quantitative estimate of drug-likeness (QED) is 0.655. The number of benzene rings is 3. The highest BCUT2D eigenvalue weighted by molar-refractivity contribution is 6.07. The van der Waals surface area contributed by atoms with Gasteiger partial charge in [-0.15, -0.1) is 0 Å². The standard InChI is InChI=1S/C27H24N2O4/c1-17-11-13-19(14-12-17)23-21-16-29(15-18-7-3-2-4-8-18)25(31)27(21,32)33-26(23)20-9-5-6-10-22(20)28-24(26)30/h2-14,21,23,32H,15-16H2,1H3,(H,28,30)/t21-,23-,26+,27+/m1/s1. The molecule has 2 N–H and O–H groups in total. The number of fused-ring (bicyclic) bond motifs is 3. The van der Waals surface area contributed by atoms with Gasteiger partial charge < -0.3 is 20.1 Å².